The van der Waals surface area contributed by atoms with Crippen LogP contribution in [0.2, 0.25) is 0 Å². The van der Waals surface area contributed by atoms with Crippen molar-refractivity contribution in [2.24, 2.45) is 0 Å². The first-order valence-electron chi connectivity index (χ1n) is 9.22. The van der Waals surface area contributed by atoms with Crippen LogP contribution in [0.5, 0.6) is 0 Å². The van der Waals surface area contributed by atoms with Gasteiger partial charge in [-0.15, -0.1) is 0 Å². The summed E-state index contributed by atoms with van der Waals surface area (Å²) in [4.78, 5) is 11.3. The monoisotopic (exact) mass is 466 g/mol. The lowest BCUT2D eigenvalue weighted by Crippen LogP contribution is -2.23. The maximum atomic E-state index is 13.3. The van der Waals surface area contributed by atoms with Crippen LogP contribution in [0.4, 0.5) is 19.0 Å². The van der Waals surface area contributed by atoms with E-state index in [9.17, 15) is 13.2 Å². The van der Waals surface area contributed by atoms with Crippen LogP contribution < -0.4 is 10.2 Å². The first-order valence-corrected chi connectivity index (χ1v) is 10.0. The van der Waals surface area contributed by atoms with Crippen molar-refractivity contribution < 1.29 is 13.2 Å². The average Bonchev–Trinajstić information content (AvgIpc) is 2.66. The number of para-hydroxylation sites is 1. The van der Waals surface area contributed by atoms with Crippen LogP contribution in [0.15, 0.2) is 40.9 Å². The van der Waals surface area contributed by atoms with E-state index in [2.05, 4.69) is 31.2 Å². The zero-order chi connectivity index (χ0) is 21.2. The molecule has 0 amide bonds. The highest BCUT2D eigenvalue weighted by atomic mass is 79.9. The first-order chi connectivity index (χ1) is 13.7. The van der Waals surface area contributed by atoms with E-state index in [1.54, 1.807) is 6.07 Å². The zero-order valence-electron chi connectivity index (χ0n) is 16.4. The van der Waals surface area contributed by atoms with Crippen molar-refractivity contribution in [3.63, 3.8) is 0 Å². The van der Waals surface area contributed by atoms with E-state index in [4.69, 9.17) is 0 Å². The molecular weight excluding hydrogens is 445 g/mol. The van der Waals surface area contributed by atoms with Gasteiger partial charge < -0.3 is 10.2 Å². The van der Waals surface area contributed by atoms with Crippen molar-refractivity contribution in [1.82, 2.24) is 15.3 Å². The molecule has 154 valence electrons. The van der Waals surface area contributed by atoms with E-state index in [-0.39, 0.29) is 5.82 Å². The lowest BCUT2D eigenvalue weighted by Gasteiger charge is -2.21. The van der Waals surface area contributed by atoms with Gasteiger partial charge >= 0.3 is 6.18 Å². The molecule has 0 aliphatic rings. The van der Waals surface area contributed by atoms with Gasteiger partial charge in [-0.2, -0.15) is 13.2 Å². The van der Waals surface area contributed by atoms with Crippen LogP contribution in [0.1, 0.15) is 17.5 Å². The third kappa shape index (κ3) is 4.87. The van der Waals surface area contributed by atoms with Crippen molar-refractivity contribution >= 4 is 32.7 Å². The molecule has 0 aliphatic heterocycles. The standard InChI is InChI=1S/C21H22BrF3N4/c1-13-6-4-7-17-18(13)27-19(28-20(17)29(3)9-5-8-26-2)14-10-15(21(23,24)25)12-16(22)11-14/h4,6-7,10-12,26H,5,8-9H2,1-3H3. The number of rotatable bonds is 6. The summed E-state index contributed by atoms with van der Waals surface area (Å²) >= 11 is 3.18. The molecule has 0 spiro atoms. The van der Waals surface area contributed by atoms with Crippen molar-refractivity contribution in [2.75, 3.05) is 32.1 Å². The van der Waals surface area contributed by atoms with E-state index in [0.29, 0.717) is 15.9 Å². The number of halogens is 4. The molecule has 0 atom stereocenters. The predicted molar refractivity (Wildman–Crippen MR) is 114 cm³/mol. The van der Waals surface area contributed by atoms with Crippen molar-refractivity contribution in [3.8, 4) is 11.4 Å². The number of benzene rings is 2. The number of aromatic nitrogens is 2. The number of nitrogens with one attached hydrogen (secondary N) is 1. The second-order valence-corrected chi connectivity index (χ2v) is 7.86. The second-order valence-electron chi connectivity index (χ2n) is 6.95. The minimum Gasteiger partial charge on any atom is -0.359 e. The van der Waals surface area contributed by atoms with E-state index in [1.807, 2.05) is 44.1 Å². The SMILES string of the molecule is CNCCCN(C)c1nc(-c2cc(Br)cc(C(F)(F)F)c2)nc2c(C)cccc12. The molecule has 3 aromatic rings. The second kappa shape index (κ2) is 8.67. The normalized spacial score (nSPS) is 11.8. The van der Waals surface area contributed by atoms with Crippen LogP contribution in [0, 0.1) is 6.92 Å². The summed E-state index contributed by atoms with van der Waals surface area (Å²) in [5.74, 6) is 0.979. The van der Waals surface area contributed by atoms with Gasteiger partial charge in [0, 0.05) is 29.0 Å². The van der Waals surface area contributed by atoms with Gasteiger partial charge in [0.25, 0.3) is 0 Å². The van der Waals surface area contributed by atoms with E-state index in [1.165, 1.54) is 0 Å². The topological polar surface area (TPSA) is 41.0 Å². The third-order valence-electron chi connectivity index (χ3n) is 4.67. The summed E-state index contributed by atoms with van der Waals surface area (Å²) in [6.45, 7) is 3.55. The number of alkyl halides is 3. The maximum Gasteiger partial charge on any atom is 0.416 e. The number of nitrogens with zero attached hydrogens (tertiary/aromatic N) is 3. The largest absolute Gasteiger partial charge is 0.416 e. The van der Waals surface area contributed by atoms with Crippen LogP contribution in [0.25, 0.3) is 22.3 Å². The van der Waals surface area contributed by atoms with Crippen LogP contribution in [-0.2, 0) is 6.18 Å². The minimum atomic E-state index is -4.45. The summed E-state index contributed by atoms with van der Waals surface area (Å²) < 4.78 is 40.2. The van der Waals surface area contributed by atoms with Crippen LogP contribution >= 0.6 is 15.9 Å². The van der Waals surface area contributed by atoms with Crippen molar-refractivity contribution in [1.29, 1.82) is 0 Å². The summed E-state index contributed by atoms with van der Waals surface area (Å²) in [5.41, 5.74) is 1.27. The predicted octanol–water partition coefficient (Wildman–Crippen LogP) is 5.43. The third-order valence-corrected chi connectivity index (χ3v) is 5.13. The number of hydrogen-bond acceptors (Lipinski definition) is 4. The summed E-state index contributed by atoms with van der Waals surface area (Å²) in [6, 6.07) is 9.57. The van der Waals surface area contributed by atoms with Gasteiger partial charge in [-0.05, 0) is 56.8 Å². The lowest BCUT2D eigenvalue weighted by molar-refractivity contribution is -0.137. The van der Waals surface area contributed by atoms with Gasteiger partial charge in [-0.1, -0.05) is 28.1 Å². The number of aryl methyl sites for hydroxylation is 1. The lowest BCUT2D eigenvalue weighted by atomic mass is 10.1. The highest BCUT2D eigenvalue weighted by molar-refractivity contribution is 9.10. The van der Waals surface area contributed by atoms with Crippen molar-refractivity contribution in [2.45, 2.75) is 19.5 Å². The number of anilines is 1. The summed E-state index contributed by atoms with van der Waals surface area (Å²) in [7, 11) is 3.83. The zero-order valence-corrected chi connectivity index (χ0v) is 18.0. The van der Waals surface area contributed by atoms with Crippen LogP contribution in [-0.4, -0.2) is 37.2 Å². The van der Waals surface area contributed by atoms with Gasteiger partial charge in [0.1, 0.15) is 5.82 Å². The molecule has 1 heterocycles. The molecule has 4 nitrogen and oxygen atoms in total. The Hall–Kier alpha value is -2.19. The fourth-order valence-electron chi connectivity index (χ4n) is 3.18. The highest BCUT2D eigenvalue weighted by Gasteiger charge is 2.31. The average molecular weight is 467 g/mol. The quantitative estimate of drug-likeness (QED) is 0.491. The molecule has 0 radical (unpaired) electrons. The molecule has 0 unspecified atom stereocenters. The molecule has 1 aromatic heterocycles. The molecule has 3 rings (SSSR count). The Morgan fingerprint density at radius 3 is 2.59 bits per heavy atom. The number of fused-ring (bicyclic) bond motifs is 1. The van der Waals surface area contributed by atoms with Gasteiger partial charge in [0.05, 0.1) is 11.1 Å². The Labute approximate surface area is 176 Å². The maximum absolute atomic E-state index is 13.3. The molecule has 2 aromatic carbocycles. The van der Waals surface area contributed by atoms with Gasteiger partial charge in [0.15, 0.2) is 5.82 Å². The summed E-state index contributed by atoms with van der Waals surface area (Å²) in [5, 5.41) is 3.99. The molecule has 0 saturated heterocycles. The number of hydrogen-bond donors (Lipinski definition) is 1. The van der Waals surface area contributed by atoms with Crippen LogP contribution in [0.3, 0.4) is 0 Å². The molecule has 0 bridgehead atoms. The Kier molecular flexibility index (Phi) is 6.43. The molecule has 0 saturated carbocycles. The minimum absolute atomic E-state index is 0.272. The molecule has 29 heavy (non-hydrogen) atoms. The molecular formula is C21H22BrF3N4. The molecule has 0 aliphatic carbocycles. The van der Waals surface area contributed by atoms with E-state index >= 15 is 0 Å². The Morgan fingerprint density at radius 1 is 1.14 bits per heavy atom. The molecule has 8 heteroatoms. The van der Waals surface area contributed by atoms with Gasteiger partial charge in [-0.25, -0.2) is 9.97 Å². The summed E-state index contributed by atoms with van der Waals surface area (Å²) in [6.07, 6.45) is -3.53. The van der Waals surface area contributed by atoms with E-state index < -0.39 is 11.7 Å². The highest BCUT2D eigenvalue weighted by Crippen LogP contribution is 2.35. The van der Waals surface area contributed by atoms with Crippen molar-refractivity contribution in [3.05, 3.63) is 52.0 Å². The van der Waals surface area contributed by atoms with Gasteiger partial charge in [0.2, 0.25) is 0 Å². The smallest absolute Gasteiger partial charge is 0.359 e. The fourth-order valence-corrected chi connectivity index (χ4v) is 3.67. The molecule has 0 fully saturated rings. The van der Waals surface area contributed by atoms with E-state index in [0.717, 1.165) is 48.1 Å². The Morgan fingerprint density at radius 2 is 1.90 bits per heavy atom. The Bertz CT molecular complexity index is 1020. The van der Waals surface area contributed by atoms with Gasteiger partial charge in [-0.3, -0.25) is 0 Å². The fraction of sp³-hybridized carbons (Fsp3) is 0.333. The first kappa shape index (κ1) is 21.5. The molecule has 1 N–H and O–H groups in total. The Balaban J connectivity index is 2.17.